The van der Waals surface area contributed by atoms with Gasteiger partial charge >= 0.3 is 0 Å². The molecular formula is C21H21ClN4O. The molecule has 0 spiro atoms. The maximum Gasteiger partial charge on any atom is 0.253 e. The average molecular weight is 381 g/mol. The SMILES string of the molecule is O=C(NCc1ccccc1N1CCCC1)c1cc(-n2cccn2)ccc1Cl. The maximum atomic E-state index is 12.8. The van der Waals surface area contributed by atoms with Crippen LogP contribution in [0.3, 0.4) is 0 Å². The third-order valence-corrected chi connectivity index (χ3v) is 5.17. The number of aromatic nitrogens is 2. The largest absolute Gasteiger partial charge is 0.371 e. The van der Waals surface area contributed by atoms with E-state index in [1.165, 1.54) is 18.5 Å². The highest BCUT2D eigenvalue weighted by Gasteiger charge is 2.17. The van der Waals surface area contributed by atoms with Gasteiger partial charge in [0.2, 0.25) is 0 Å². The summed E-state index contributed by atoms with van der Waals surface area (Å²) in [6.07, 6.45) is 5.97. The van der Waals surface area contributed by atoms with Crippen molar-refractivity contribution in [1.29, 1.82) is 0 Å². The lowest BCUT2D eigenvalue weighted by Gasteiger charge is -2.21. The van der Waals surface area contributed by atoms with E-state index in [2.05, 4.69) is 27.4 Å². The average Bonchev–Trinajstić information content (AvgIpc) is 3.40. The minimum atomic E-state index is -0.190. The minimum Gasteiger partial charge on any atom is -0.371 e. The van der Waals surface area contributed by atoms with E-state index in [1.807, 2.05) is 30.5 Å². The second kappa shape index (κ2) is 7.84. The van der Waals surface area contributed by atoms with Gasteiger partial charge in [0.25, 0.3) is 5.91 Å². The van der Waals surface area contributed by atoms with Gasteiger partial charge in [0.15, 0.2) is 0 Å². The Balaban J connectivity index is 1.51. The van der Waals surface area contributed by atoms with Gasteiger partial charge in [0.1, 0.15) is 0 Å². The Hall–Kier alpha value is -2.79. The van der Waals surface area contributed by atoms with Crippen molar-refractivity contribution < 1.29 is 4.79 Å². The van der Waals surface area contributed by atoms with Crippen LogP contribution in [0.5, 0.6) is 0 Å². The van der Waals surface area contributed by atoms with Crippen molar-refractivity contribution >= 4 is 23.2 Å². The van der Waals surface area contributed by atoms with Crippen molar-refractivity contribution in [3.8, 4) is 5.69 Å². The topological polar surface area (TPSA) is 50.2 Å². The summed E-state index contributed by atoms with van der Waals surface area (Å²) in [5, 5.41) is 7.64. The number of hydrogen-bond acceptors (Lipinski definition) is 3. The summed E-state index contributed by atoms with van der Waals surface area (Å²) in [4.78, 5) is 15.1. The number of nitrogens with one attached hydrogen (secondary N) is 1. The second-order valence-electron chi connectivity index (χ2n) is 6.62. The first-order chi connectivity index (χ1) is 13.2. The molecule has 2 aromatic carbocycles. The molecule has 1 amide bonds. The smallest absolute Gasteiger partial charge is 0.253 e. The second-order valence-corrected chi connectivity index (χ2v) is 7.03. The molecule has 138 valence electrons. The highest BCUT2D eigenvalue weighted by atomic mass is 35.5. The van der Waals surface area contributed by atoms with E-state index in [-0.39, 0.29) is 5.91 Å². The standard InChI is InChI=1S/C21H21ClN4O/c22-19-9-8-17(26-13-5-10-24-26)14-18(19)21(27)23-15-16-6-1-2-7-20(16)25-11-3-4-12-25/h1-2,5-10,13-14H,3-4,11-12,15H2,(H,23,27). The predicted molar refractivity (Wildman–Crippen MR) is 108 cm³/mol. The number of carbonyl (C=O) groups is 1. The van der Waals surface area contributed by atoms with Gasteiger partial charge in [-0.2, -0.15) is 5.10 Å². The summed E-state index contributed by atoms with van der Waals surface area (Å²) in [5.41, 5.74) is 3.56. The lowest BCUT2D eigenvalue weighted by molar-refractivity contribution is 0.0951. The van der Waals surface area contributed by atoms with Gasteiger partial charge in [-0.15, -0.1) is 0 Å². The summed E-state index contributed by atoms with van der Waals surface area (Å²) in [5.74, 6) is -0.190. The maximum absolute atomic E-state index is 12.8. The van der Waals surface area contributed by atoms with Gasteiger partial charge in [-0.05, 0) is 48.7 Å². The molecule has 5 nitrogen and oxygen atoms in total. The van der Waals surface area contributed by atoms with E-state index >= 15 is 0 Å². The molecule has 1 saturated heterocycles. The fraction of sp³-hybridized carbons (Fsp3) is 0.238. The lowest BCUT2D eigenvalue weighted by atomic mass is 10.1. The minimum absolute atomic E-state index is 0.190. The number of anilines is 1. The van der Waals surface area contributed by atoms with E-state index in [0.29, 0.717) is 17.1 Å². The van der Waals surface area contributed by atoms with Gasteiger partial charge in [-0.25, -0.2) is 4.68 Å². The lowest BCUT2D eigenvalue weighted by Crippen LogP contribution is -2.26. The third kappa shape index (κ3) is 3.83. The fourth-order valence-corrected chi connectivity index (χ4v) is 3.65. The molecule has 1 N–H and O–H groups in total. The van der Waals surface area contributed by atoms with Crippen molar-refractivity contribution in [2.75, 3.05) is 18.0 Å². The van der Waals surface area contributed by atoms with Crippen LogP contribution in [-0.2, 0) is 6.54 Å². The fourth-order valence-electron chi connectivity index (χ4n) is 3.45. The molecule has 1 aromatic heterocycles. The zero-order valence-corrected chi connectivity index (χ0v) is 15.7. The van der Waals surface area contributed by atoms with E-state index < -0.39 is 0 Å². The highest BCUT2D eigenvalue weighted by molar-refractivity contribution is 6.33. The van der Waals surface area contributed by atoms with Crippen LogP contribution < -0.4 is 10.2 Å². The van der Waals surface area contributed by atoms with E-state index in [9.17, 15) is 4.79 Å². The van der Waals surface area contributed by atoms with Crippen LogP contribution in [0.4, 0.5) is 5.69 Å². The number of halogens is 1. The van der Waals surface area contributed by atoms with E-state index in [4.69, 9.17) is 11.6 Å². The number of carbonyl (C=O) groups excluding carboxylic acids is 1. The van der Waals surface area contributed by atoms with Crippen molar-refractivity contribution in [3.63, 3.8) is 0 Å². The van der Waals surface area contributed by atoms with E-state index in [0.717, 1.165) is 24.3 Å². The molecule has 4 rings (SSSR count). The van der Waals surface area contributed by atoms with Gasteiger partial charge < -0.3 is 10.2 Å². The van der Waals surface area contributed by atoms with Crippen LogP contribution in [0, 0.1) is 0 Å². The Bertz CT molecular complexity index is 933. The molecule has 27 heavy (non-hydrogen) atoms. The summed E-state index contributed by atoms with van der Waals surface area (Å²) in [6.45, 7) is 2.61. The predicted octanol–water partition coefficient (Wildman–Crippen LogP) is 4.06. The van der Waals surface area contributed by atoms with Gasteiger partial charge in [-0.3, -0.25) is 4.79 Å². The molecule has 0 aliphatic carbocycles. The van der Waals surface area contributed by atoms with Crippen LogP contribution >= 0.6 is 11.6 Å². The summed E-state index contributed by atoms with van der Waals surface area (Å²) in [7, 11) is 0. The number of para-hydroxylation sites is 1. The molecule has 1 aliphatic rings. The Kier molecular flexibility index (Phi) is 5.12. The molecule has 0 radical (unpaired) electrons. The van der Waals surface area contributed by atoms with Crippen LogP contribution in [0.15, 0.2) is 60.9 Å². The van der Waals surface area contributed by atoms with Crippen molar-refractivity contribution in [2.24, 2.45) is 0 Å². The molecule has 2 heterocycles. The van der Waals surface area contributed by atoms with Gasteiger partial charge in [0, 0.05) is 37.7 Å². The van der Waals surface area contributed by atoms with Crippen molar-refractivity contribution in [2.45, 2.75) is 19.4 Å². The van der Waals surface area contributed by atoms with Crippen LogP contribution in [-0.4, -0.2) is 28.8 Å². The first kappa shape index (κ1) is 17.6. The normalized spacial score (nSPS) is 13.7. The Morgan fingerprint density at radius 2 is 1.93 bits per heavy atom. The molecule has 6 heteroatoms. The third-order valence-electron chi connectivity index (χ3n) is 4.84. The van der Waals surface area contributed by atoms with Crippen LogP contribution in [0.1, 0.15) is 28.8 Å². The first-order valence-corrected chi connectivity index (χ1v) is 9.51. The quantitative estimate of drug-likeness (QED) is 0.726. The summed E-state index contributed by atoms with van der Waals surface area (Å²) in [6, 6.07) is 15.4. The zero-order chi connectivity index (χ0) is 18.6. The molecule has 1 fully saturated rings. The molecule has 0 bridgehead atoms. The van der Waals surface area contributed by atoms with Gasteiger partial charge in [-0.1, -0.05) is 29.8 Å². The Labute approximate surface area is 163 Å². The first-order valence-electron chi connectivity index (χ1n) is 9.13. The monoisotopic (exact) mass is 380 g/mol. The van der Waals surface area contributed by atoms with Crippen molar-refractivity contribution in [1.82, 2.24) is 15.1 Å². The Morgan fingerprint density at radius 1 is 1.11 bits per heavy atom. The molecule has 3 aromatic rings. The summed E-state index contributed by atoms with van der Waals surface area (Å²) < 4.78 is 1.70. The number of benzene rings is 2. The number of nitrogens with zero attached hydrogens (tertiary/aromatic N) is 3. The molecule has 0 atom stereocenters. The van der Waals surface area contributed by atoms with Gasteiger partial charge in [0.05, 0.1) is 16.3 Å². The number of rotatable bonds is 5. The molecule has 0 saturated carbocycles. The molecular weight excluding hydrogens is 360 g/mol. The van der Waals surface area contributed by atoms with Crippen LogP contribution in [0.2, 0.25) is 5.02 Å². The zero-order valence-electron chi connectivity index (χ0n) is 14.9. The Morgan fingerprint density at radius 3 is 2.70 bits per heavy atom. The highest BCUT2D eigenvalue weighted by Crippen LogP contribution is 2.25. The van der Waals surface area contributed by atoms with Crippen molar-refractivity contribution in [3.05, 3.63) is 77.1 Å². The summed E-state index contributed by atoms with van der Waals surface area (Å²) >= 11 is 6.27. The number of hydrogen-bond donors (Lipinski definition) is 1. The molecule has 0 unspecified atom stereocenters. The van der Waals surface area contributed by atoms with Crippen LogP contribution in [0.25, 0.3) is 5.69 Å². The number of amides is 1. The van der Waals surface area contributed by atoms with E-state index in [1.54, 1.807) is 23.0 Å². The molecule has 1 aliphatic heterocycles.